The molecule has 0 spiro atoms. The minimum atomic E-state index is -0.779. The van der Waals surface area contributed by atoms with Crippen LogP contribution in [0.15, 0.2) is 82.7 Å². The average molecular weight is 759 g/mol. The number of amides is 4. The van der Waals surface area contributed by atoms with Crippen LogP contribution in [0.2, 0.25) is 0 Å². The number of aromatic nitrogens is 2. The van der Waals surface area contributed by atoms with Crippen LogP contribution in [0.1, 0.15) is 65.7 Å². The largest absolute Gasteiger partial charge is 0.444 e. The molecule has 282 valence electrons. The number of nitrogens with one attached hydrogen (secondary N) is 3. The van der Waals surface area contributed by atoms with Gasteiger partial charge in [-0.15, -0.1) is 22.7 Å². The number of ether oxygens (including phenoxy) is 1. The van der Waals surface area contributed by atoms with Crippen molar-refractivity contribution in [2.24, 2.45) is 4.99 Å². The van der Waals surface area contributed by atoms with Gasteiger partial charge in [0.25, 0.3) is 0 Å². The molecule has 3 heterocycles. The van der Waals surface area contributed by atoms with E-state index in [-0.39, 0.29) is 30.6 Å². The molecule has 1 aliphatic heterocycles. The van der Waals surface area contributed by atoms with Crippen LogP contribution in [0.3, 0.4) is 0 Å². The van der Waals surface area contributed by atoms with E-state index in [1.165, 1.54) is 11.3 Å². The fourth-order valence-electron chi connectivity index (χ4n) is 6.00. The molecule has 1 aliphatic rings. The third-order valence-corrected chi connectivity index (χ3v) is 10.8. The molecule has 5 rings (SSSR count). The Bertz CT molecular complexity index is 1740. The first-order chi connectivity index (χ1) is 25.7. The number of urea groups is 1. The van der Waals surface area contributed by atoms with Crippen LogP contribution in [0, 0.1) is 0 Å². The van der Waals surface area contributed by atoms with E-state index in [4.69, 9.17) is 4.74 Å². The summed E-state index contributed by atoms with van der Waals surface area (Å²) in [5.41, 5.74) is 4.68. The van der Waals surface area contributed by atoms with Crippen molar-refractivity contribution in [3.8, 4) is 0 Å². The molecule has 2 aromatic heterocycles. The Labute approximate surface area is 320 Å². The lowest BCUT2D eigenvalue weighted by Crippen LogP contribution is -2.53. The van der Waals surface area contributed by atoms with Crippen molar-refractivity contribution in [1.29, 1.82) is 0 Å². The molecule has 3 unspecified atom stereocenters. The number of hydrogen-bond acceptors (Lipinski definition) is 10. The second-order valence-corrected chi connectivity index (χ2v) is 15.4. The fraction of sp³-hybridized carbons (Fsp3) is 0.436. The molecular formula is C39H50N8O4S2. The molecule has 0 aliphatic carbocycles. The first kappa shape index (κ1) is 39.4. The van der Waals surface area contributed by atoms with Crippen molar-refractivity contribution in [1.82, 2.24) is 35.7 Å². The predicted molar refractivity (Wildman–Crippen MR) is 210 cm³/mol. The molecule has 0 fully saturated rings. The Kier molecular flexibility index (Phi) is 15.2. The van der Waals surface area contributed by atoms with E-state index in [0.29, 0.717) is 57.7 Å². The van der Waals surface area contributed by atoms with Gasteiger partial charge in [-0.05, 0) is 43.2 Å². The summed E-state index contributed by atoms with van der Waals surface area (Å²) in [6.07, 6.45) is 5.74. The molecule has 12 nitrogen and oxygen atoms in total. The van der Waals surface area contributed by atoms with Crippen LogP contribution >= 0.6 is 22.7 Å². The highest BCUT2D eigenvalue weighted by atomic mass is 32.1. The minimum absolute atomic E-state index is 0.148. The number of aliphatic imine (C=N–C) groups is 1. The zero-order valence-corrected chi connectivity index (χ0v) is 32.3. The normalized spacial score (nSPS) is 14.1. The maximum absolute atomic E-state index is 14.2. The second kappa shape index (κ2) is 20.4. The quantitative estimate of drug-likeness (QED) is 0.106. The lowest BCUT2D eigenvalue weighted by atomic mass is 9.95. The van der Waals surface area contributed by atoms with E-state index in [9.17, 15) is 14.4 Å². The van der Waals surface area contributed by atoms with Crippen LogP contribution in [0.25, 0.3) is 0 Å². The monoisotopic (exact) mass is 758 g/mol. The summed E-state index contributed by atoms with van der Waals surface area (Å²) in [6, 6.07) is 18.4. The number of thiazole rings is 2. The number of alkyl carbamates (subject to hydrolysis) is 1. The van der Waals surface area contributed by atoms with Gasteiger partial charge in [0.1, 0.15) is 12.6 Å². The molecule has 0 bridgehead atoms. The number of benzene rings is 2. The molecule has 53 heavy (non-hydrogen) atoms. The Balaban J connectivity index is 1.27. The van der Waals surface area contributed by atoms with Gasteiger partial charge in [-0.2, -0.15) is 0 Å². The zero-order chi connectivity index (χ0) is 37.4. The van der Waals surface area contributed by atoms with Crippen molar-refractivity contribution >= 4 is 47.0 Å². The molecule has 0 saturated heterocycles. The minimum Gasteiger partial charge on any atom is -0.444 e. The van der Waals surface area contributed by atoms with Crippen LogP contribution in [0.5, 0.6) is 0 Å². The number of hydrogen-bond donors (Lipinski definition) is 3. The summed E-state index contributed by atoms with van der Waals surface area (Å²) in [4.78, 5) is 58.1. The first-order valence-electron chi connectivity index (χ1n) is 18.1. The van der Waals surface area contributed by atoms with Crippen molar-refractivity contribution in [2.75, 3.05) is 26.7 Å². The fourth-order valence-corrected chi connectivity index (χ4v) is 7.33. The van der Waals surface area contributed by atoms with Gasteiger partial charge in [-0.3, -0.25) is 14.8 Å². The van der Waals surface area contributed by atoms with Crippen molar-refractivity contribution in [2.45, 2.75) is 83.1 Å². The lowest BCUT2D eigenvalue weighted by molar-refractivity contribution is -0.124. The summed E-state index contributed by atoms with van der Waals surface area (Å²) in [5.74, 6) is 0.0578. The Morgan fingerprint density at radius 3 is 2.17 bits per heavy atom. The third-order valence-electron chi connectivity index (χ3n) is 8.90. The first-order valence-corrected chi connectivity index (χ1v) is 19.9. The van der Waals surface area contributed by atoms with E-state index in [1.807, 2.05) is 66.0 Å². The van der Waals surface area contributed by atoms with Crippen LogP contribution in [-0.2, 0) is 35.5 Å². The summed E-state index contributed by atoms with van der Waals surface area (Å²) in [5, 5.41) is 12.4. The third kappa shape index (κ3) is 13.3. The topological polar surface area (TPSA) is 141 Å². The predicted octanol–water partition coefficient (Wildman–Crippen LogP) is 6.01. The van der Waals surface area contributed by atoms with Gasteiger partial charge in [-0.1, -0.05) is 74.5 Å². The summed E-state index contributed by atoms with van der Waals surface area (Å²) in [6.45, 7) is 6.75. The van der Waals surface area contributed by atoms with E-state index in [0.717, 1.165) is 33.3 Å². The van der Waals surface area contributed by atoms with Gasteiger partial charge in [0.15, 0.2) is 0 Å². The maximum Gasteiger partial charge on any atom is 0.407 e. The number of carbonyl (C=O) groups is 3. The molecule has 14 heteroatoms. The molecule has 0 saturated carbocycles. The highest BCUT2D eigenvalue weighted by Crippen LogP contribution is 2.20. The van der Waals surface area contributed by atoms with Crippen LogP contribution in [0.4, 0.5) is 9.59 Å². The van der Waals surface area contributed by atoms with Crippen molar-refractivity contribution in [3.63, 3.8) is 0 Å². The SMILES string of the molecule is CC(C)c1nc(CN(C)C(=O)NC(CCN2C=NCC2)C(=O)NC(CCC(Cc2ccccc2)NC(=O)OCc2cncs2)Cc2ccccc2)cs1. The second-order valence-electron chi connectivity index (χ2n) is 13.6. The van der Waals surface area contributed by atoms with E-state index in [2.05, 4.69) is 49.7 Å². The molecule has 3 N–H and O–H groups in total. The Hall–Kier alpha value is -4.82. The van der Waals surface area contributed by atoms with E-state index < -0.39 is 12.1 Å². The van der Waals surface area contributed by atoms with Gasteiger partial charge < -0.3 is 30.5 Å². The van der Waals surface area contributed by atoms with Crippen LogP contribution in [-0.4, -0.2) is 88.9 Å². The average Bonchev–Trinajstić information content (AvgIpc) is 3.96. The summed E-state index contributed by atoms with van der Waals surface area (Å²) < 4.78 is 5.52. The van der Waals surface area contributed by atoms with Crippen molar-refractivity contribution < 1.29 is 19.1 Å². The molecule has 3 atom stereocenters. The Morgan fingerprint density at radius 1 is 0.906 bits per heavy atom. The Morgan fingerprint density at radius 2 is 1.58 bits per heavy atom. The van der Waals surface area contributed by atoms with Crippen LogP contribution < -0.4 is 16.0 Å². The number of nitrogens with zero attached hydrogens (tertiary/aromatic N) is 5. The molecular weight excluding hydrogens is 709 g/mol. The highest BCUT2D eigenvalue weighted by Gasteiger charge is 2.27. The zero-order valence-electron chi connectivity index (χ0n) is 30.6. The van der Waals surface area contributed by atoms with Gasteiger partial charge in [0.2, 0.25) is 5.91 Å². The summed E-state index contributed by atoms with van der Waals surface area (Å²) in [7, 11) is 1.71. The van der Waals surface area contributed by atoms with Gasteiger partial charge in [-0.25, -0.2) is 14.6 Å². The number of rotatable bonds is 19. The molecule has 4 amide bonds. The molecule has 2 aromatic carbocycles. The number of carbonyl (C=O) groups excluding carboxylic acids is 3. The lowest BCUT2D eigenvalue weighted by Gasteiger charge is -2.28. The van der Waals surface area contributed by atoms with Gasteiger partial charge in [0.05, 0.1) is 40.5 Å². The van der Waals surface area contributed by atoms with Gasteiger partial charge in [0, 0.05) is 49.7 Å². The van der Waals surface area contributed by atoms with Gasteiger partial charge >= 0.3 is 12.1 Å². The molecule has 4 aromatic rings. The standard InChI is InChI=1S/C39H50N8O4S2/c1-28(2)37-43-33(25-52-37)23-46(3)38(49)45-35(16-18-47-19-17-40-26-47)36(48)42-31(20-29-10-6-4-7-11-29)14-15-32(21-30-12-8-5-9-13-30)44-39(50)51-24-34-22-41-27-53-34/h4-13,22,25-28,31-32,35H,14-21,23-24H2,1-3H3,(H,42,48)(H,44,50)(H,45,49). The highest BCUT2D eigenvalue weighted by molar-refractivity contribution is 7.09. The smallest absolute Gasteiger partial charge is 0.407 e. The van der Waals surface area contributed by atoms with E-state index >= 15 is 0 Å². The maximum atomic E-state index is 14.2. The van der Waals surface area contributed by atoms with Crippen molar-refractivity contribution in [3.05, 3.63) is 104 Å². The summed E-state index contributed by atoms with van der Waals surface area (Å²) >= 11 is 3.02. The molecule has 0 radical (unpaired) electrons. The van der Waals surface area contributed by atoms with E-state index in [1.54, 1.807) is 41.3 Å².